The van der Waals surface area contributed by atoms with Gasteiger partial charge in [-0.3, -0.25) is 4.90 Å². The van der Waals surface area contributed by atoms with E-state index in [9.17, 15) is 0 Å². The van der Waals surface area contributed by atoms with Gasteiger partial charge in [0, 0.05) is 18.1 Å². The highest BCUT2D eigenvalue weighted by Gasteiger charge is 2.37. The Kier molecular flexibility index (Phi) is 4.66. The normalized spacial score (nSPS) is 27.2. The van der Waals surface area contributed by atoms with Crippen molar-refractivity contribution in [1.29, 1.82) is 0 Å². The highest BCUT2D eigenvalue weighted by Crippen LogP contribution is 2.38. The van der Waals surface area contributed by atoms with E-state index in [-0.39, 0.29) is 0 Å². The minimum Gasteiger partial charge on any atom is -0.309 e. The molecule has 21 heavy (non-hydrogen) atoms. The van der Waals surface area contributed by atoms with Crippen LogP contribution in [0, 0.1) is 5.92 Å². The smallest absolute Gasteiger partial charge is 0.0480 e. The van der Waals surface area contributed by atoms with Crippen molar-refractivity contribution in [1.82, 2.24) is 10.2 Å². The number of rotatable bonds is 5. The van der Waals surface area contributed by atoms with Crippen molar-refractivity contribution in [2.24, 2.45) is 5.92 Å². The molecule has 2 aliphatic rings. The summed E-state index contributed by atoms with van der Waals surface area (Å²) < 4.78 is 0. The lowest BCUT2D eigenvalue weighted by Crippen LogP contribution is -2.47. The molecule has 0 bridgehead atoms. The summed E-state index contributed by atoms with van der Waals surface area (Å²) in [7, 11) is 2.35. The van der Waals surface area contributed by atoms with Crippen molar-refractivity contribution in [2.45, 2.75) is 64.1 Å². The number of likely N-dealkylation sites (N-methyl/N-ethyl adjacent to an activating group) is 2. The largest absolute Gasteiger partial charge is 0.309 e. The van der Waals surface area contributed by atoms with Crippen LogP contribution in [0.2, 0.25) is 0 Å². The zero-order valence-electron chi connectivity index (χ0n) is 13.8. The number of aryl methyl sites for hydroxylation is 1. The molecule has 1 fully saturated rings. The van der Waals surface area contributed by atoms with Crippen molar-refractivity contribution in [3.63, 3.8) is 0 Å². The summed E-state index contributed by atoms with van der Waals surface area (Å²) in [5, 5.41) is 3.78. The van der Waals surface area contributed by atoms with Crippen LogP contribution in [0.15, 0.2) is 24.3 Å². The van der Waals surface area contributed by atoms with E-state index < -0.39 is 0 Å². The maximum Gasteiger partial charge on any atom is 0.0480 e. The molecule has 116 valence electrons. The van der Waals surface area contributed by atoms with Gasteiger partial charge >= 0.3 is 0 Å². The van der Waals surface area contributed by atoms with Gasteiger partial charge in [0.15, 0.2) is 0 Å². The summed E-state index contributed by atoms with van der Waals surface area (Å²) in [6, 6.07) is 10.9. The molecule has 0 radical (unpaired) electrons. The lowest BCUT2D eigenvalue weighted by molar-refractivity contribution is 0.126. The van der Waals surface area contributed by atoms with Crippen LogP contribution in [0.5, 0.6) is 0 Å². The van der Waals surface area contributed by atoms with Gasteiger partial charge in [-0.2, -0.15) is 0 Å². The number of nitrogens with zero attached hydrogens (tertiary/aromatic N) is 1. The first-order valence-electron chi connectivity index (χ1n) is 8.75. The highest BCUT2D eigenvalue weighted by atomic mass is 15.2. The van der Waals surface area contributed by atoms with Gasteiger partial charge in [-0.25, -0.2) is 0 Å². The van der Waals surface area contributed by atoms with Crippen LogP contribution < -0.4 is 5.32 Å². The van der Waals surface area contributed by atoms with E-state index in [2.05, 4.69) is 55.4 Å². The van der Waals surface area contributed by atoms with Gasteiger partial charge in [-0.1, -0.05) is 31.2 Å². The molecule has 0 spiro atoms. The Bertz CT molecular complexity index is 466. The van der Waals surface area contributed by atoms with E-state index in [1.807, 2.05) is 0 Å². The van der Waals surface area contributed by atoms with Crippen LogP contribution in [0.3, 0.4) is 0 Å². The Morgan fingerprint density at radius 2 is 2.00 bits per heavy atom. The van der Waals surface area contributed by atoms with Crippen molar-refractivity contribution in [2.75, 3.05) is 13.6 Å². The summed E-state index contributed by atoms with van der Waals surface area (Å²) in [5.74, 6) is 0.941. The second kappa shape index (κ2) is 6.50. The molecule has 0 saturated heterocycles. The maximum atomic E-state index is 3.78. The second-order valence-electron chi connectivity index (χ2n) is 6.94. The second-order valence-corrected chi connectivity index (χ2v) is 6.94. The predicted molar refractivity (Wildman–Crippen MR) is 89.5 cm³/mol. The molecule has 0 amide bonds. The van der Waals surface area contributed by atoms with Gasteiger partial charge in [0.05, 0.1) is 0 Å². The Morgan fingerprint density at radius 1 is 1.24 bits per heavy atom. The molecule has 0 aliphatic heterocycles. The first-order valence-corrected chi connectivity index (χ1v) is 8.75. The summed E-state index contributed by atoms with van der Waals surface area (Å²) in [6.07, 6.45) is 6.72. The minimum absolute atomic E-state index is 0.486. The van der Waals surface area contributed by atoms with Gasteiger partial charge in [0.1, 0.15) is 0 Å². The fourth-order valence-electron chi connectivity index (χ4n) is 4.06. The number of fused-ring (bicyclic) bond motifs is 1. The molecule has 3 rings (SSSR count). The molecule has 2 aliphatic carbocycles. The summed E-state index contributed by atoms with van der Waals surface area (Å²) >= 11 is 0. The van der Waals surface area contributed by atoms with Gasteiger partial charge in [-0.15, -0.1) is 0 Å². The van der Waals surface area contributed by atoms with E-state index in [0.717, 1.165) is 18.5 Å². The first kappa shape index (κ1) is 15.1. The monoisotopic (exact) mass is 286 g/mol. The van der Waals surface area contributed by atoms with E-state index in [0.29, 0.717) is 12.1 Å². The van der Waals surface area contributed by atoms with Crippen molar-refractivity contribution in [3.8, 4) is 0 Å². The third-order valence-electron chi connectivity index (χ3n) is 5.61. The third kappa shape index (κ3) is 3.17. The van der Waals surface area contributed by atoms with Gasteiger partial charge in [-0.05, 0) is 69.7 Å². The molecule has 1 N–H and O–H groups in total. The Balaban J connectivity index is 1.87. The predicted octanol–water partition coefficient (Wildman–Crippen LogP) is 3.77. The van der Waals surface area contributed by atoms with Crippen LogP contribution >= 0.6 is 0 Å². The molecule has 1 aromatic carbocycles. The van der Waals surface area contributed by atoms with Gasteiger partial charge in [0.25, 0.3) is 0 Å². The Hall–Kier alpha value is -0.860. The van der Waals surface area contributed by atoms with Crippen LogP contribution in [0.25, 0.3) is 0 Å². The molecular formula is C19H30N2. The van der Waals surface area contributed by atoms with Gasteiger partial charge < -0.3 is 5.32 Å². The molecule has 0 heterocycles. The zero-order chi connectivity index (χ0) is 14.8. The number of benzene rings is 1. The molecule has 3 unspecified atom stereocenters. The first-order chi connectivity index (χ1) is 10.2. The van der Waals surface area contributed by atoms with Crippen molar-refractivity contribution in [3.05, 3.63) is 35.4 Å². The molecule has 2 nitrogen and oxygen atoms in total. The topological polar surface area (TPSA) is 15.3 Å². The molecule has 3 atom stereocenters. The number of hydrogen-bond acceptors (Lipinski definition) is 2. The Morgan fingerprint density at radius 3 is 2.71 bits per heavy atom. The van der Waals surface area contributed by atoms with E-state index in [1.165, 1.54) is 37.7 Å². The third-order valence-corrected chi connectivity index (χ3v) is 5.61. The summed E-state index contributed by atoms with van der Waals surface area (Å²) in [5.41, 5.74) is 3.09. The van der Waals surface area contributed by atoms with Crippen LogP contribution in [-0.2, 0) is 6.42 Å². The van der Waals surface area contributed by atoms with Crippen LogP contribution in [0.1, 0.15) is 56.7 Å². The number of nitrogens with one attached hydrogen (secondary N) is 1. The average Bonchev–Trinajstić information content (AvgIpc) is 3.33. The molecule has 2 heteroatoms. The highest BCUT2D eigenvalue weighted by molar-refractivity contribution is 5.32. The molecule has 1 aromatic rings. The summed E-state index contributed by atoms with van der Waals surface area (Å²) in [4.78, 5) is 2.67. The molecule has 0 aromatic heterocycles. The van der Waals surface area contributed by atoms with E-state index in [1.54, 1.807) is 5.56 Å². The van der Waals surface area contributed by atoms with E-state index >= 15 is 0 Å². The quantitative estimate of drug-likeness (QED) is 0.829. The van der Waals surface area contributed by atoms with E-state index in [4.69, 9.17) is 0 Å². The van der Waals surface area contributed by atoms with Crippen molar-refractivity contribution >= 4 is 0 Å². The molecule has 1 saturated carbocycles. The van der Waals surface area contributed by atoms with Gasteiger partial charge in [0.2, 0.25) is 0 Å². The Labute approximate surface area is 129 Å². The fraction of sp³-hybridized carbons (Fsp3) is 0.684. The standard InChI is InChI=1S/C19H30N2/c1-4-20-19-17-10-6-5-8-16(17)9-7-11-18(19)21(3)14(2)15-12-13-15/h5-6,8,10,14-15,18-20H,4,7,9,11-13H2,1-3H3. The SMILES string of the molecule is CCNC1c2ccccc2CCCC1N(C)C(C)C1CC1. The average molecular weight is 286 g/mol. The molecular weight excluding hydrogens is 256 g/mol. The van der Waals surface area contributed by atoms with Crippen LogP contribution in [-0.4, -0.2) is 30.6 Å². The number of hydrogen-bond donors (Lipinski definition) is 1. The van der Waals surface area contributed by atoms with Crippen LogP contribution in [0.4, 0.5) is 0 Å². The zero-order valence-corrected chi connectivity index (χ0v) is 13.8. The lowest BCUT2D eigenvalue weighted by Gasteiger charge is -2.38. The fourth-order valence-corrected chi connectivity index (χ4v) is 4.06. The summed E-state index contributed by atoms with van der Waals surface area (Å²) in [6.45, 7) is 5.70. The van der Waals surface area contributed by atoms with Crippen molar-refractivity contribution < 1.29 is 0 Å². The lowest BCUT2D eigenvalue weighted by atomic mass is 9.94. The minimum atomic E-state index is 0.486. The maximum absolute atomic E-state index is 3.78.